The van der Waals surface area contributed by atoms with E-state index >= 15 is 0 Å². The van der Waals surface area contributed by atoms with Gasteiger partial charge < -0.3 is 14.5 Å². The number of aromatic nitrogens is 2. The highest BCUT2D eigenvalue weighted by Crippen LogP contribution is 2.46. The first-order valence-electron chi connectivity index (χ1n) is 27.5. The molecule has 0 aliphatic carbocycles. The molecule has 0 saturated carbocycles. The summed E-state index contributed by atoms with van der Waals surface area (Å²) in [5.74, 6) is 3.05. The van der Waals surface area contributed by atoms with Crippen LogP contribution in [0.25, 0.3) is 44.4 Å². The minimum absolute atomic E-state index is 0.0109. The van der Waals surface area contributed by atoms with E-state index in [9.17, 15) is 0 Å². The molecule has 76 heavy (non-hydrogen) atoms. The van der Waals surface area contributed by atoms with E-state index in [1.54, 1.807) is 0 Å². The Balaban J connectivity index is 1.16. The lowest BCUT2D eigenvalue weighted by molar-refractivity contribution is 0.483. The lowest BCUT2D eigenvalue weighted by Gasteiger charge is -2.31. The predicted octanol–water partition coefficient (Wildman–Crippen LogP) is 19.4. The monoisotopic (exact) mass is 1000 g/mol. The summed E-state index contributed by atoms with van der Waals surface area (Å²) in [6.07, 6.45) is 4.31. The minimum atomic E-state index is -0.221. The van der Waals surface area contributed by atoms with Gasteiger partial charge in [0.15, 0.2) is 0 Å². The Bertz CT molecular complexity index is 3600. The zero-order valence-corrected chi connectivity index (χ0v) is 47.8. The first-order chi connectivity index (χ1) is 35.9. The molecular formula is C71H78N4O. The van der Waals surface area contributed by atoms with Gasteiger partial charge in [-0.3, -0.25) is 4.57 Å². The number of pyridine rings is 1. The standard InChI is InChI=1S/C71H78N4O/c1-46(2)59-27-22-28-60(47(3)4)67(59)49-35-56(74-45-73(44-65(74)48-23-18-16-19-24-48)55-38-53(70(11,12)13)37-54(39-55)71(14,15)50-25-20-17-21-26-50)42-58(36-49)76-57-30-31-61-62-40-51(68(5,6)7)29-32-63(62)75(64(61)43-57)66-41-52(33-34-72-66)69(8,9)10/h16-44,46-47H,45H2,1-15H3. The third-order valence-electron chi connectivity index (χ3n) is 15.8. The summed E-state index contributed by atoms with van der Waals surface area (Å²) in [7, 11) is 0. The Morgan fingerprint density at radius 1 is 0.461 bits per heavy atom. The first-order valence-corrected chi connectivity index (χ1v) is 27.5. The van der Waals surface area contributed by atoms with Gasteiger partial charge in [0, 0.05) is 52.1 Å². The number of hydrogen-bond acceptors (Lipinski definition) is 4. The van der Waals surface area contributed by atoms with Crippen LogP contribution in [0.15, 0.2) is 176 Å². The van der Waals surface area contributed by atoms with Crippen LogP contribution >= 0.6 is 0 Å². The summed E-state index contributed by atoms with van der Waals surface area (Å²) >= 11 is 0. The van der Waals surface area contributed by atoms with Crippen molar-refractivity contribution in [2.45, 2.75) is 137 Å². The molecule has 0 bridgehead atoms. The van der Waals surface area contributed by atoms with Crippen molar-refractivity contribution in [1.29, 1.82) is 0 Å². The molecule has 0 radical (unpaired) electrons. The SMILES string of the molecule is CC(C)c1cccc(C(C)C)c1-c1cc(Oc2ccc3c4cc(C(C)(C)C)ccc4n(-c4cc(C(C)(C)C)ccn4)c3c2)cc(N2CN(c3cc(C(C)(C)C)cc(C(C)(C)c4ccccc4)c3)C=C2c2ccccc2)c1. The lowest BCUT2D eigenvalue weighted by atomic mass is 9.75. The fourth-order valence-electron chi connectivity index (χ4n) is 11.0. The van der Waals surface area contributed by atoms with Crippen LogP contribution in [0.4, 0.5) is 11.4 Å². The molecule has 0 N–H and O–H groups in total. The highest BCUT2D eigenvalue weighted by atomic mass is 16.5. The zero-order chi connectivity index (χ0) is 54.1. The normalized spacial score (nSPS) is 13.7. The Labute approximate surface area is 453 Å². The summed E-state index contributed by atoms with van der Waals surface area (Å²) in [5, 5.41) is 2.37. The van der Waals surface area contributed by atoms with Crippen LogP contribution < -0.4 is 14.5 Å². The van der Waals surface area contributed by atoms with Crippen LogP contribution in [0.3, 0.4) is 0 Å². The quantitative estimate of drug-likeness (QED) is 0.129. The number of hydrogen-bond donors (Lipinski definition) is 0. The van der Waals surface area contributed by atoms with Crippen LogP contribution in [0.2, 0.25) is 0 Å². The second kappa shape index (κ2) is 19.6. The van der Waals surface area contributed by atoms with Gasteiger partial charge in [0.1, 0.15) is 17.3 Å². The van der Waals surface area contributed by atoms with E-state index in [4.69, 9.17) is 9.72 Å². The van der Waals surface area contributed by atoms with Crippen molar-refractivity contribution < 1.29 is 4.74 Å². The summed E-state index contributed by atoms with van der Waals surface area (Å²) < 4.78 is 9.62. The highest BCUT2D eigenvalue weighted by molar-refractivity contribution is 6.10. The zero-order valence-electron chi connectivity index (χ0n) is 47.8. The maximum Gasteiger partial charge on any atom is 0.137 e. The molecule has 0 saturated heterocycles. The van der Waals surface area contributed by atoms with E-state index in [1.807, 2.05) is 6.20 Å². The molecule has 0 unspecified atom stereocenters. The molecule has 2 aromatic heterocycles. The summed E-state index contributed by atoms with van der Waals surface area (Å²) in [5.41, 5.74) is 17.8. The summed E-state index contributed by atoms with van der Waals surface area (Å²) in [6, 6.07) is 60.7. The van der Waals surface area contributed by atoms with Crippen molar-refractivity contribution in [3.05, 3.63) is 221 Å². The van der Waals surface area contributed by atoms with E-state index in [1.165, 1.54) is 61.0 Å². The van der Waals surface area contributed by atoms with E-state index in [2.05, 4.69) is 288 Å². The molecule has 388 valence electrons. The van der Waals surface area contributed by atoms with Crippen LogP contribution in [0.5, 0.6) is 11.5 Å². The van der Waals surface area contributed by atoms with Crippen LogP contribution in [0, 0.1) is 0 Å². The van der Waals surface area contributed by atoms with Crippen molar-refractivity contribution in [3.8, 4) is 28.4 Å². The van der Waals surface area contributed by atoms with Crippen LogP contribution in [-0.2, 0) is 21.7 Å². The van der Waals surface area contributed by atoms with Gasteiger partial charge in [-0.1, -0.05) is 195 Å². The maximum atomic E-state index is 7.30. The fraction of sp³-hybridized carbons (Fsp3) is 0.310. The van der Waals surface area contributed by atoms with Crippen molar-refractivity contribution in [2.24, 2.45) is 0 Å². The third-order valence-corrected chi connectivity index (χ3v) is 15.8. The predicted molar refractivity (Wildman–Crippen MR) is 324 cm³/mol. The molecule has 3 heterocycles. The van der Waals surface area contributed by atoms with Crippen LogP contribution in [-0.4, -0.2) is 16.2 Å². The Hall–Kier alpha value is -7.37. The molecule has 9 aromatic rings. The summed E-state index contributed by atoms with van der Waals surface area (Å²) in [4.78, 5) is 9.96. The third kappa shape index (κ3) is 10.1. The van der Waals surface area contributed by atoms with Crippen molar-refractivity contribution in [3.63, 3.8) is 0 Å². The van der Waals surface area contributed by atoms with E-state index in [0.717, 1.165) is 50.9 Å². The van der Waals surface area contributed by atoms with Gasteiger partial charge in [-0.25, -0.2) is 4.98 Å². The maximum absolute atomic E-state index is 7.30. The van der Waals surface area contributed by atoms with Gasteiger partial charge >= 0.3 is 0 Å². The van der Waals surface area contributed by atoms with E-state index in [-0.39, 0.29) is 21.7 Å². The van der Waals surface area contributed by atoms with Gasteiger partial charge in [-0.2, -0.15) is 0 Å². The fourth-order valence-corrected chi connectivity index (χ4v) is 11.0. The molecular weight excluding hydrogens is 925 g/mol. The van der Waals surface area contributed by atoms with E-state index in [0.29, 0.717) is 18.5 Å². The number of rotatable bonds is 11. The largest absolute Gasteiger partial charge is 0.457 e. The van der Waals surface area contributed by atoms with Gasteiger partial charge in [-0.15, -0.1) is 0 Å². The number of fused-ring (bicyclic) bond motifs is 3. The average molecular weight is 1000 g/mol. The van der Waals surface area contributed by atoms with Gasteiger partial charge in [0.05, 0.1) is 23.4 Å². The highest BCUT2D eigenvalue weighted by Gasteiger charge is 2.31. The molecule has 0 amide bonds. The molecule has 0 atom stereocenters. The number of nitrogens with zero attached hydrogens (tertiary/aromatic N) is 4. The Morgan fingerprint density at radius 2 is 1.09 bits per heavy atom. The molecule has 5 heteroatoms. The second-order valence-electron chi connectivity index (χ2n) is 25.5. The molecule has 10 rings (SSSR count). The molecule has 7 aromatic carbocycles. The van der Waals surface area contributed by atoms with E-state index < -0.39 is 0 Å². The van der Waals surface area contributed by atoms with Gasteiger partial charge in [0.2, 0.25) is 0 Å². The minimum Gasteiger partial charge on any atom is -0.457 e. The topological polar surface area (TPSA) is 33.5 Å². The van der Waals surface area contributed by atoms with Crippen LogP contribution in [0.1, 0.15) is 160 Å². The summed E-state index contributed by atoms with van der Waals surface area (Å²) in [6.45, 7) is 35.1. The van der Waals surface area contributed by atoms with Crippen molar-refractivity contribution >= 4 is 38.9 Å². The molecule has 0 fully saturated rings. The Kier molecular flexibility index (Phi) is 13.5. The second-order valence-corrected chi connectivity index (χ2v) is 25.5. The first kappa shape index (κ1) is 52.1. The number of benzene rings is 7. The molecule has 0 spiro atoms. The molecule has 1 aliphatic rings. The Morgan fingerprint density at radius 3 is 1.74 bits per heavy atom. The average Bonchev–Trinajstić information content (AvgIpc) is 4.01. The van der Waals surface area contributed by atoms with Gasteiger partial charge in [0.25, 0.3) is 0 Å². The molecule has 1 aliphatic heterocycles. The van der Waals surface area contributed by atoms with Crippen molar-refractivity contribution in [1.82, 2.24) is 9.55 Å². The molecule has 5 nitrogen and oxygen atoms in total. The number of ether oxygens (including phenoxy) is 1. The number of anilines is 2. The van der Waals surface area contributed by atoms with Crippen molar-refractivity contribution in [2.75, 3.05) is 16.5 Å². The van der Waals surface area contributed by atoms with Gasteiger partial charge in [-0.05, 0) is 144 Å². The smallest absolute Gasteiger partial charge is 0.137 e. The lowest BCUT2D eigenvalue weighted by Crippen LogP contribution is -2.27.